The van der Waals surface area contributed by atoms with Crippen molar-refractivity contribution in [3.05, 3.63) is 40.0 Å². The quantitative estimate of drug-likeness (QED) is 0.816. The van der Waals surface area contributed by atoms with Crippen LogP contribution in [0.1, 0.15) is 16.1 Å². The molecule has 2 aromatic heterocycles. The molecule has 72 valence electrons. The minimum absolute atomic E-state index is 0.611. The Labute approximate surface area is 86.6 Å². The molecule has 0 fully saturated rings. The second kappa shape index (κ2) is 3.75. The number of rotatable bonds is 2. The van der Waals surface area contributed by atoms with Crippen LogP contribution < -0.4 is 5.73 Å². The number of nitrogen functional groups attached to an aromatic ring is 1. The summed E-state index contributed by atoms with van der Waals surface area (Å²) < 4.78 is 0. The summed E-state index contributed by atoms with van der Waals surface area (Å²) in [6.07, 6.45) is 4.32. The van der Waals surface area contributed by atoms with Crippen molar-refractivity contribution in [1.29, 1.82) is 0 Å². The summed E-state index contributed by atoms with van der Waals surface area (Å²) in [5, 5.41) is 3.05. The Kier molecular flexibility index (Phi) is 2.45. The van der Waals surface area contributed by atoms with Crippen LogP contribution in [-0.4, -0.2) is 9.97 Å². The van der Waals surface area contributed by atoms with Crippen molar-refractivity contribution in [2.24, 2.45) is 0 Å². The maximum Gasteiger partial charge on any atom is 0.127 e. The summed E-state index contributed by atoms with van der Waals surface area (Å²) in [6, 6.07) is 1.97. The van der Waals surface area contributed by atoms with Gasteiger partial charge in [-0.2, -0.15) is 0 Å². The molecule has 0 bridgehead atoms. The molecule has 2 N–H and O–H groups in total. The summed E-state index contributed by atoms with van der Waals surface area (Å²) in [7, 11) is 0. The zero-order valence-electron chi connectivity index (χ0n) is 7.90. The number of aromatic nitrogens is 2. The SMILES string of the molecule is Cc1ccnc(N)c1Cc1nccs1. The van der Waals surface area contributed by atoms with Crippen molar-refractivity contribution in [2.75, 3.05) is 5.73 Å². The van der Waals surface area contributed by atoms with E-state index in [1.807, 2.05) is 24.6 Å². The summed E-state index contributed by atoms with van der Waals surface area (Å²) in [5.74, 6) is 0.611. The average Bonchev–Trinajstić information content (AvgIpc) is 2.64. The predicted molar refractivity (Wildman–Crippen MR) is 58.3 cm³/mol. The van der Waals surface area contributed by atoms with Crippen molar-refractivity contribution in [3.63, 3.8) is 0 Å². The van der Waals surface area contributed by atoms with Crippen LogP contribution in [0.3, 0.4) is 0 Å². The molecule has 2 aromatic rings. The van der Waals surface area contributed by atoms with Crippen molar-refractivity contribution >= 4 is 17.2 Å². The zero-order valence-corrected chi connectivity index (χ0v) is 8.71. The van der Waals surface area contributed by atoms with E-state index in [-0.39, 0.29) is 0 Å². The van der Waals surface area contributed by atoms with Gasteiger partial charge >= 0.3 is 0 Å². The summed E-state index contributed by atoms with van der Waals surface area (Å²) in [5.41, 5.74) is 8.06. The van der Waals surface area contributed by atoms with Gasteiger partial charge in [0.05, 0.1) is 5.01 Å². The molecule has 2 rings (SSSR count). The first kappa shape index (κ1) is 9.15. The Morgan fingerprint density at radius 3 is 2.86 bits per heavy atom. The van der Waals surface area contributed by atoms with Gasteiger partial charge in [-0.3, -0.25) is 0 Å². The van der Waals surface area contributed by atoms with E-state index in [9.17, 15) is 0 Å². The van der Waals surface area contributed by atoms with Gasteiger partial charge in [0.2, 0.25) is 0 Å². The van der Waals surface area contributed by atoms with Crippen LogP contribution in [-0.2, 0) is 6.42 Å². The third kappa shape index (κ3) is 1.75. The lowest BCUT2D eigenvalue weighted by Gasteiger charge is -2.05. The molecule has 0 saturated heterocycles. The molecule has 2 heterocycles. The van der Waals surface area contributed by atoms with Gasteiger partial charge < -0.3 is 5.73 Å². The first-order valence-corrected chi connectivity index (χ1v) is 5.23. The minimum Gasteiger partial charge on any atom is -0.383 e. The molecule has 0 aliphatic carbocycles. The van der Waals surface area contributed by atoms with E-state index >= 15 is 0 Å². The van der Waals surface area contributed by atoms with Crippen molar-refractivity contribution in [2.45, 2.75) is 13.3 Å². The van der Waals surface area contributed by atoms with Gasteiger partial charge in [-0.1, -0.05) is 0 Å². The first-order valence-electron chi connectivity index (χ1n) is 4.35. The maximum absolute atomic E-state index is 5.80. The second-order valence-electron chi connectivity index (χ2n) is 3.09. The lowest BCUT2D eigenvalue weighted by Crippen LogP contribution is -2.00. The van der Waals surface area contributed by atoms with Crippen molar-refractivity contribution < 1.29 is 0 Å². The molecular weight excluding hydrogens is 194 g/mol. The molecule has 0 saturated carbocycles. The zero-order chi connectivity index (χ0) is 9.97. The molecule has 0 spiro atoms. The monoisotopic (exact) mass is 205 g/mol. The molecule has 0 aliphatic heterocycles. The molecule has 0 atom stereocenters. The second-order valence-corrected chi connectivity index (χ2v) is 4.07. The molecule has 3 nitrogen and oxygen atoms in total. The van der Waals surface area contributed by atoms with Crippen LogP contribution in [0.15, 0.2) is 23.8 Å². The van der Waals surface area contributed by atoms with E-state index in [4.69, 9.17) is 5.73 Å². The van der Waals surface area contributed by atoms with Crippen molar-refractivity contribution in [1.82, 2.24) is 9.97 Å². The fourth-order valence-electron chi connectivity index (χ4n) is 1.33. The normalized spacial score (nSPS) is 10.4. The number of nitrogens with zero attached hydrogens (tertiary/aromatic N) is 2. The van der Waals surface area contributed by atoms with Gasteiger partial charge in [-0.15, -0.1) is 11.3 Å². The summed E-state index contributed by atoms with van der Waals surface area (Å²) >= 11 is 1.64. The molecule has 0 aromatic carbocycles. The molecule has 0 amide bonds. The predicted octanol–water partition coefficient (Wildman–Crippen LogP) is 2.02. The Morgan fingerprint density at radius 2 is 2.21 bits per heavy atom. The fraction of sp³-hybridized carbons (Fsp3) is 0.200. The average molecular weight is 205 g/mol. The highest BCUT2D eigenvalue weighted by Crippen LogP contribution is 2.19. The number of nitrogens with two attached hydrogens (primary N) is 1. The van der Waals surface area contributed by atoms with Gasteiger partial charge in [0.15, 0.2) is 0 Å². The lowest BCUT2D eigenvalue weighted by atomic mass is 10.1. The Bertz CT molecular complexity index is 403. The standard InChI is InChI=1S/C10H11N3S/c1-7-2-3-13-10(11)8(7)6-9-12-4-5-14-9/h2-5H,6H2,1H3,(H2,11,13). The number of hydrogen-bond donors (Lipinski definition) is 1. The smallest absolute Gasteiger partial charge is 0.127 e. The highest BCUT2D eigenvalue weighted by Gasteiger charge is 2.06. The summed E-state index contributed by atoms with van der Waals surface area (Å²) in [4.78, 5) is 8.30. The number of aryl methyl sites for hydroxylation is 1. The molecule has 0 unspecified atom stereocenters. The number of pyridine rings is 1. The highest BCUT2D eigenvalue weighted by molar-refractivity contribution is 7.09. The minimum atomic E-state index is 0.611. The lowest BCUT2D eigenvalue weighted by molar-refractivity contribution is 1.09. The topological polar surface area (TPSA) is 51.8 Å². The van der Waals surface area contributed by atoms with Gasteiger partial charge in [0, 0.05) is 29.8 Å². The van der Waals surface area contributed by atoms with Gasteiger partial charge in [-0.05, 0) is 18.6 Å². The Balaban J connectivity index is 2.33. The van der Waals surface area contributed by atoms with Crippen LogP contribution in [0.5, 0.6) is 0 Å². The molecular formula is C10H11N3S. The van der Waals surface area contributed by atoms with Gasteiger partial charge in [0.1, 0.15) is 5.82 Å². The molecule has 0 aliphatic rings. The fourth-order valence-corrected chi connectivity index (χ4v) is 1.96. The number of anilines is 1. The van der Waals surface area contributed by atoms with E-state index < -0.39 is 0 Å². The van der Waals surface area contributed by atoms with Crippen LogP contribution in [0.4, 0.5) is 5.82 Å². The Hall–Kier alpha value is -1.42. The molecule has 4 heteroatoms. The number of thiazole rings is 1. The van der Waals surface area contributed by atoms with E-state index in [1.165, 1.54) is 5.56 Å². The van der Waals surface area contributed by atoms with E-state index in [0.29, 0.717) is 5.82 Å². The highest BCUT2D eigenvalue weighted by atomic mass is 32.1. The van der Waals surface area contributed by atoms with E-state index in [0.717, 1.165) is 17.0 Å². The van der Waals surface area contributed by atoms with Gasteiger partial charge in [-0.25, -0.2) is 9.97 Å². The summed E-state index contributed by atoms with van der Waals surface area (Å²) in [6.45, 7) is 2.04. The Morgan fingerprint density at radius 1 is 1.36 bits per heavy atom. The van der Waals surface area contributed by atoms with Crippen LogP contribution in [0, 0.1) is 6.92 Å². The maximum atomic E-state index is 5.80. The number of hydrogen-bond acceptors (Lipinski definition) is 4. The largest absolute Gasteiger partial charge is 0.383 e. The third-order valence-electron chi connectivity index (χ3n) is 2.13. The van der Waals surface area contributed by atoms with E-state index in [2.05, 4.69) is 9.97 Å². The van der Waals surface area contributed by atoms with Crippen LogP contribution in [0.25, 0.3) is 0 Å². The van der Waals surface area contributed by atoms with Gasteiger partial charge in [0.25, 0.3) is 0 Å². The van der Waals surface area contributed by atoms with Crippen LogP contribution in [0.2, 0.25) is 0 Å². The third-order valence-corrected chi connectivity index (χ3v) is 2.91. The van der Waals surface area contributed by atoms with E-state index in [1.54, 1.807) is 17.5 Å². The first-order chi connectivity index (χ1) is 6.77. The van der Waals surface area contributed by atoms with Crippen LogP contribution >= 0.6 is 11.3 Å². The molecule has 14 heavy (non-hydrogen) atoms. The van der Waals surface area contributed by atoms with Crippen molar-refractivity contribution in [3.8, 4) is 0 Å². The molecule has 0 radical (unpaired) electrons.